The van der Waals surface area contributed by atoms with Crippen molar-refractivity contribution in [2.45, 2.75) is 18.9 Å². The largest absolute Gasteiger partial charge is 0.350 e. The third-order valence-electron chi connectivity index (χ3n) is 2.22. The summed E-state index contributed by atoms with van der Waals surface area (Å²) in [6.45, 7) is 1.37. The van der Waals surface area contributed by atoms with Gasteiger partial charge in [0, 0.05) is 4.91 Å². The summed E-state index contributed by atoms with van der Waals surface area (Å²) in [6.07, 6.45) is 0.400. The summed E-state index contributed by atoms with van der Waals surface area (Å²) in [4.78, 5) is 13.7. The number of carbonyl (C=O) groups excluding carboxylic acids is 1. The number of amides is 1. The van der Waals surface area contributed by atoms with Gasteiger partial charge in [0.05, 0.1) is 17.0 Å². The highest BCUT2D eigenvalue weighted by atomic mass is 32.2. The summed E-state index contributed by atoms with van der Waals surface area (Å²) in [5, 5.41) is 5.66. The predicted molar refractivity (Wildman–Crippen MR) is 53.8 cm³/mol. The van der Waals surface area contributed by atoms with E-state index in [-0.39, 0.29) is 18.1 Å². The van der Waals surface area contributed by atoms with Gasteiger partial charge in [0.1, 0.15) is 6.54 Å². The van der Waals surface area contributed by atoms with Crippen molar-refractivity contribution in [2.75, 3.05) is 18.1 Å². The number of sulfone groups is 1. The zero-order valence-corrected chi connectivity index (χ0v) is 9.12. The van der Waals surface area contributed by atoms with Crippen LogP contribution in [-0.4, -0.2) is 37.9 Å². The number of hydrogen-bond acceptors (Lipinski definition) is 4. The molecule has 0 spiro atoms. The van der Waals surface area contributed by atoms with E-state index >= 15 is 0 Å². The molecule has 0 aromatic rings. The summed E-state index contributed by atoms with van der Waals surface area (Å²) in [7, 11) is -3.04. The van der Waals surface area contributed by atoms with Crippen molar-refractivity contribution < 1.29 is 13.2 Å². The van der Waals surface area contributed by atoms with E-state index in [0.717, 1.165) is 0 Å². The average molecular weight is 232 g/mol. The molecule has 8 heteroatoms. The zero-order valence-electron chi connectivity index (χ0n) is 8.30. The molecule has 0 aromatic carbocycles. The van der Waals surface area contributed by atoms with E-state index in [1.165, 1.54) is 0 Å². The fraction of sp³-hybridized carbons (Fsp3) is 0.857. The molecule has 1 aliphatic heterocycles. The first-order chi connectivity index (χ1) is 6.87. The van der Waals surface area contributed by atoms with Gasteiger partial charge in [0.15, 0.2) is 9.84 Å². The van der Waals surface area contributed by atoms with Crippen LogP contribution >= 0.6 is 0 Å². The van der Waals surface area contributed by atoms with Crippen LogP contribution in [0, 0.1) is 0 Å². The highest BCUT2D eigenvalue weighted by Gasteiger charge is 2.39. The summed E-state index contributed by atoms with van der Waals surface area (Å²) in [5.74, 6) is -0.416. The van der Waals surface area contributed by atoms with E-state index in [4.69, 9.17) is 5.53 Å². The Kier molecular flexibility index (Phi) is 3.21. The molecule has 1 heterocycles. The fourth-order valence-corrected chi connectivity index (χ4v) is 3.67. The second kappa shape index (κ2) is 4.08. The minimum atomic E-state index is -3.04. The summed E-state index contributed by atoms with van der Waals surface area (Å²) in [6, 6.07) is 0. The molecule has 0 bridgehead atoms. The lowest BCUT2D eigenvalue weighted by atomic mass is 10.0. The topological polar surface area (TPSA) is 112 Å². The van der Waals surface area contributed by atoms with Crippen LogP contribution in [0.1, 0.15) is 13.3 Å². The van der Waals surface area contributed by atoms with Crippen LogP contribution in [-0.2, 0) is 14.6 Å². The number of nitrogens with one attached hydrogen (secondary N) is 1. The molecule has 1 atom stereocenters. The molecule has 0 saturated carbocycles. The molecule has 1 saturated heterocycles. The lowest BCUT2D eigenvalue weighted by Crippen LogP contribution is -2.47. The van der Waals surface area contributed by atoms with Gasteiger partial charge in [-0.05, 0) is 18.9 Å². The van der Waals surface area contributed by atoms with Gasteiger partial charge in [-0.3, -0.25) is 4.79 Å². The van der Waals surface area contributed by atoms with Crippen LogP contribution < -0.4 is 5.32 Å². The molecule has 84 valence electrons. The molecule has 1 amide bonds. The average Bonchev–Trinajstić information content (AvgIpc) is 2.37. The molecular weight excluding hydrogens is 220 g/mol. The van der Waals surface area contributed by atoms with Gasteiger partial charge in [-0.2, -0.15) is 0 Å². The minimum Gasteiger partial charge on any atom is -0.350 e. The summed E-state index contributed by atoms with van der Waals surface area (Å²) < 4.78 is 22.4. The number of azide groups is 1. The summed E-state index contributed by atoms with van der Waals surface area (Å²) >= 11 is 0. The van der Waals surface area contributed by atoms with Crippen LogP contribution in [0.5, 0.6) is 0 Å². The molecule has 0 radical (unpaired) electrons. The van der Waals surface area contributed by atoms with Gasteiger partial charge in [0.2, 0.25) is 5.91 Å². The van der Waals surface area contributed by atoms with E-state index in [2.05, 4.69) is 15.3 Å². The first-order valence-corrected chi connectivity index (χ1v) is 6.21. The predicted octanol–water partition coefficient (Wildman–Crippen LogP) is -0.00990. The van der Waals surface area contributed by atoms with E-state index in [0.29, 0.717) is 6.42 Å². The van der Waals surface area contributed by atoms with Gasteiger partial charge in [-0.25, -0.2) is 8.42 Å². The maximum Gasteiger partial charge on any atom is 0.226 e. The third-order valence-corrected chi connectivity index (χ3v) is 4.13. The number of hydrogen-bond donors (Lipinski definition) is 1. The Bertz CT molecular complexity index is 412. The molecule has 0 aliphatic carbocycles. The highest BCUT2D eigenvalue weighted by molar-refractivity contribution is 7.91. The van der Waals surface area contributed by atoms with Crippen molar-refractivity contribution in [1.82, 2.24) is 5.32 Å². The van der Waals surface area contributed by atoms with Crippen molar-refractivity contribution in [3.8, 4) is 0 Å². The maximum atomic E-state index is 11.2. The van der Waals surface area contributed by atoms with E-state index in [1.54, 1.807) is 6.92 Å². The smallest absolute Gasteiger partial charge is 0.226 e. The molecule has 1 fully saturated rings. The number of carbonyl (C=O) groups is 1. The van der Waals surface area contributed by atoms with Gasteiger partial charge >= 0.3 is 0 Å². The van der Waals surface area contributed by atoms with Gasteiger partial charge in [-0.15, -0.1) is 0 Å². The van der Waals surface area contributed by atoms with Crippen molar-refractivity contribution in [1.29, 1.82) is 0 Å². The Morgan fingerprint density at radius 2 is 2.33 bits per heavy atom. The van der Waals surface area contributed by atoms with Crippen LogP contribution in [0.3, 0.4) is 0 Å². The van der Waals surface area contributed by atoms with Crippen LogP contribution in [0.2, 0.25) is 0 Å². The molecule has 15 heavy (non-hydrogen) atoms. The summed E-state index contributed by atoms with van der Waals surface area (Å²) in [5.41, 5.74) is 7.28. The lowest BCUT2D eigenvalue weighted by molar-refractivity contribution is -0.121. The molecular formula is C7H12N4O3S. The monoisotopic (exact) mass is 232 g/mol. The standard InChI is InChI=1S/C7H12N4O3S/c1-7(2-3-15(13,14)5-7)10-6(12)4-9-11-8/h2-5H2,1H3,(H,10,12). The van der Waals surface area contributed by atoms with E-state index in [9.17, 15) is 13.2 Å². The Hall–Kier alpha value is -1.27. The molecule has 1 unspecified atom stereocenters. The minimum absolute atomic E-state index is 0.0536. The van der Waals surface area contributed by atoms with E-state index in [1.807, 2.05) is 0 Å². The van der Waals surface area contributed by atoms with Crippen molar-refractivity contribution in [3.05, 3.63) is 10.4 Å². The van der Waals surface area contributed by atoms with Crippen molar-refractivity contribution >= 4 is 15.7 Å². The Morgan fingerprint density at radius 3 is 2.80 bits per heavy atom. The van der Waals surface area contributed by atoms with Crippen molar-refractivity contribution in [3.63, 3.8) is 0 Å². The first-order valence-electron chi connectivity index (χ1n) is 4.39. The second-order valence-electron chi connectivity index (χ2n) is 3.84. The van der Waals surface area contributed by atoms with E-state index < -0.39 is 21.3 Å². The molecule has 1 N–H and O–H groups in total. The van der Waals surface area contributed by atoms with Gasteiger partial charge in [0.25, 0.3) is 0 Å². The van der Waals surface area contributed by atoms with Gasteiger partial charge < -0.3 is 5.32 Å². The fourth-order valence-electron chi connectivity index (χ4n) is 1.58. The molecule has 1 rings (SSSR count). The molecule has 7 nitrogen and oxygen atoms in total. The third kappa shape index (κ3) is 3.41. The SMILES string of the molecule is CC1(NC(=O)CN=[N+]=[N-])CCS(=O)(=O)C1. The first kappa shape index (κ1) is 11.8. The molecule has 1 aliphatic rings. The second-order valence-corrected chi connectivity index (χ2v) is 6.02. The van der Waals surface area contributed by atoms with Crippen LogP contribution in [0.4, 0.5) is 0 Å². The van der Waals surface area contributed by atoms with Crippen LogP contribution in [0.25, 0.3) is 10.4 Å². The Balaban J connectivity index is 2.59. The normalized spacial score (nSPS) is 28.1. The molecule has 0 aromatic heterocycles. The Labute approximate surface area is 87.4 Å². The Morgan fingerprint density at radius 1 is 1.67 bits per heavy atom. The highest BCUT2D eigenvalue weighted by Crippen LogP contribution is 2.22. The van der Waals surface area contributed by atoms with Crippen LogP contribution in [0.15, 0.2) is 5.11 Å². The number of nitrogens with zero attached hydrogens (tertiary/aromatic N) is 3. The van der Waals surface area contributed by atoms with Crippen molar-refractivity contribution in [2.24, 2.45) is 5.11 Å². The van der Waals surface area contributed by atoms with Gasteiger partial charge in [-0.1, -0.05) is 5.11 Å². The number of rotatable bonds is 3. The lowest BCUT2D eigenvalue weighted by Gasteiger charge is -2.23. The zero-order chi connectivity index (χ0) is 11.5. The quantitative estimate of drug-likeness (QED) is 0.419. The maximum absolute atomic E-state index is 11.2.